The molecule has 0 radical (unpaired) electrons. The van der Waals surface area contributed by atoms with E-state index in [1.54, 1.807) is 17.7 Å². The molecule has 1 aromatic heterocycles. The van der Waals surface area contributed by atoms with Gasteiger partial charge in [0.15, 0.2) is 0 Å². The van der Waals surface area contributed by atoms with Crippen LogP contribution in [-0.4, -0.2) is 17.5 Å². The minimum atomic E-state index is -0.131. The van der Waals surface area contributed by atoms with E-state index in [1.165, 1.54) is 0 Å². The molecule has 0 saturated carbocycles. The maximum Gasteiger partial charge on any atom is 0.254 e. The summed E-state index contributed by atoms with van der Waals surface area (Å²) in [4.78, 5) is 24.6. The quantitative estimate of drug-likeness (QED) is 0.845. The number of carbonyl (C=O) groups excluding carboxylic acids is 1. The van der Waals surface area contributed by atoms with Gasteiger partial charge in [-0.05, 0) is 44.0 Å². The van der Waals surface area contributed by atoms with Crippen LogP contribution in [0.3, 0.4) is 0 Å². The van der Waals surface area contributed by atoms with Crippen molar-refractivity contribution in [3.63, 3.8) is 0 Å². The number of benzene rings is 1. The lowest BCUT2D eigenvalue weighted by Crippen LogP contribution is -2.23. The average Bonchev–Trinajstić information content (AvgIpc) is 2.64. The van der Waals surface area contributed by atoms with E-state index in [0.29, 0.717) is 17.7 Å². The maximum absolute atomic E-state index is 12.6. The number of allylic oxidation sites excluding steroid dienone is 3. The minimum absolute atomic E-state index is 0.00240. The Morgan fingerprint density at radius 3 is 2.64 bits per heavy atom. The lowest BCUT2D eigenvalue weighted by atomic mass is 9.96. The second-order valence-electron chi connectivity index (χ2n) is 5.77. The molecule has 25 heavy (non-hydrogen) atoms. The van der Waals surface area contributed by atoms with Crippen molar-refractivity contribution in [3.05, 3.63) is 75.7 Å². The van der Waals surface area contributed by atoms with Gasteiger partial charge in [-0.15, -0.1) is 0 Å². The number of pyridine rings is 1. The van der Waals surface area contributed by atoms with Crippen LogP contribution in [0.1, 0.15) is 35.3 Å². The standard InChI is InChI=1S/C21H24N2O2/c1-5-7-12-23-14-19(18(9-6-2)15(3)21(23)25)16-10-8-11-17(13-16)20(24)22-4/h5-11,13-14H,12H2,1-4H3,(H,22,24)/b7-5+,9-6-. The van der Waals surface area contributed by atoms with E-state index in [0.717, 1.165) is 16.7 Å². The molecule has 2 rings (SSSR count). The van der Waals surface area contributed by atoms with Crippen LogP contribution in [0.5, 0.6) is 0 Å². The molecule has 0 aliphatic rings. The molecule has 1 N–H and O–H groups in total. The number of amides is 1. The fourth-order valence-electron chi connectivity index (χ4n) is 2.76. The van der Waals surface area contributed by atoms with E-state index < -0.39 is 0 Å². The third kappa shape index (κ3) is 3.97. The van der Waals surface area contributed by atoms with Crippen LogP contribution in [0.2, 0.25) is 0 Å². The van der Waals surface area contributed by atoms with Crippen LogP contribution < -0.4 is 10.9 Å². The zero-order valence-electron chi connectivity index (χ0n) is 15.2. The molecule has 0 unspecified atom stereocenters. The van der Waals surface area contributed by atoms with E-state index in [2.05, 4.69) is 5.32 Å². The Morgan fingerprint density at radius 2 is 2.00 bits per heavy atom. The van der Waals surface area contributed by atoms with Crippen molar-refractivity contribution < 1.29 is 4.79 Å². The van der Waals surface area contributed by atoms with Gasteiger partial charge in [-0.25, -0.2) is 0 Å². The Hall–Kier alpha value is -2.88. The maximum atomic E-state index is 12.6. The zero-order valence-corrected chi connectivity index (χ0v) is 15.2. The van der Waals surface area contributed by atoms with Crippen LogP contribution in [0.4, 0.5) is 0 Å². The lowest BCUT2D eigenvalue weighted by Gasteiger charge is -2.14. The monoisotopic (exact) mass is 336 g/mol. The Labute approximate surface area is 148 Å². The van der Waals surface area contributed by atoms with Crippen LogP contribution in [0.25, 0.3) is 17.2 Å². The summed E-state index contributed by atoms with van der Waals surface area (Å²) in [7, 11) is 1.61. The van der Waals surface area contributed by atoms with Gasteiger partial charge in [0.05, 0.1) is 0 Å². The van der Waals surface area contributed by atoms with Gasteiger partial charge >= 0.3 is 0 Å². The second kappa shape index (κ2) is 8.29. The van der Waals surface area contributed by atoms with Gasteiger partial charge in [-0.3, -0.25) is 9.59 Å². The van der Waals surface area contributed by atoms with Crippen LogP contribution in [0, 0.1) is 6.92 Å². The zero-order chi connectivity index (χ0) is 18.4. The SMILES string of the molecule is C/C=C\c1c(-c2cccc(C(=O)NC)c2)cn(C/C=C/C)c(=O)c1C. The van der Waals surface area contributed by atoms with Crippen molar-refractivity contribution in [2.75, 3.05) is 7.05 Å². The van der Waals surface area contributed by atoms with Gasteiger partial charge in [0, 0.05) is 36.5 Å². The Balaban J connectivity index is 2.72. The topological polar surface area (TPSA) is 51.1 Å². The van der Waals surface area contributed by atoms with E-state index in [9.17, 15) is 9.59 Å². The molecule has 1 heterocycles. The molecule has 1 aromatic carbocycles. The molecule has 2 aromatic rings. The summed E-state index contributed by atoms with van der Waals surface area (Å²) in [6.45, 7) is 6.22. The largest absolute Gasteiger partial charge is 0.355 e. The van der Waals surface area contributed by atoms with Gasteiger partial charge in [0.1, 0.15) is 0 Å². The smallest absolute Gasteiger partial charge is 0.254 e. The molecule has 0 aliphatic heterocycles. The lowest BCUT2D eigenvalue weighted by molar-refractivity contribution is 0.0963. The predicted octanol–water partition coefficient (Wildman–Crippen LogP) is 3.79. The second-order valence-corrected chi connectivity index (χ2v) is 5.77. The molecule has 0 atom stereocenters. The van der Waals surface area contributed by atoms with Crippen molar-refractivity contribution in [2.45, 2.75) is 27.3 Å². The van der Waals surface area contributed by atoms with Crippen LogP contribution >= 0.6 is 0 Å². The summed E-state index contributed by atoms with van der Waals surface area (Å²) < 4.78 is 1.70. The molecular formula is C21H24N2O2. The fraction of sp³-hybridized carbons (Fsp3) is 0.238. The third-order valence-corrected chi connectivity index (χ3v) is 4.09. The molecule has 0 spiro atoms. The summed E-state index contributed by atoms with van der Waals surface area (Å²) in [5.41, 5.74) is 4.02. The van der Waals surface area contributed by atoms with Crippen molar-refractivity contribution >= 4 is 12.0 Å². The van der Waals surface area contributed by atoms with Crippen LogP contribution in [-0.2, 0) is 6.54 Å². The van der Waals surface area contributed by atoms with Crippen molar-refractivity contribution in [3.8, 4) is 11.1 Å². The number of carbonyl (C=O) groups is 1. The molecule has 0 fully saturated rings. The Morgan fingerprint density at radius 1 is 1.24 bits per heavy atom. The summed E-state index contributed by atoms with van der Waals surface area (Å²) in [5.74, 6) is -0.131. The van der Waals surface area contributed by atoms with Crippen molar-refractivity contribution in [1.82, 2.24) is 9.88 Å². The molecule has 1 amide bonds. The van der Waals surface area contributed by atoms with Crippen molar-refractivity contribution in [2.24, 2.45) is 0 Å². The highest BCUT2D eigenvalue weighted by molar-refractivity contribution is 5.95. The van der Waals surface area contributed by atoms with Gasteiger partial charge in [-0.2, -0.15) is 0 Å². The number of hydrogen-bond donors (Lipinski definition) is 1. The van der Waals surface area contributed by atoms with Gasteiger partial charge in [-0.1, -0.05) is 36.4 Å². The van der Waals surface area contributed by atoms with Gasteiger partial charge in [0.2, 0.25) is 0 Å². The highest BCUT2D eigenvalue weighted by Gasteiger charge is 2.13. The summed E-state index contributed by atoms with van der Waals surface area (Å²) in [5, 5.41) is 2.64. The number of nitrogens with zero attached hydrogens (tertiary/aromatic N) is 1. The van der Waals surface area contributed by atoms with Gasteiger partial charge in [0.25, 0.3) is 11.5 Å². The number of aromatic nitrogens is 1. The highest BCUT2D eigenvalue weighted by Crippen LogP contribution is 2.27. The number of rotatable bonds is 5. The Bertz CT molecular complexity index is 889. The molecule has 0 aliphatic carbocycles. The third-order valence-electron chi connectivity index (χ3n) is 4.09. The fourth-order valence-corrected chi connectivity index (χ4v) is 2.76. The Kier molecular flexibility index (Phi) is 6.12. The first-order chi connectivity index (χ1) is 12.0. The van der Waals surface area contributed by atoms with Crippen molar-refractivity contribution in [1.29, 1.82) is 0 Å². The predicted molar refractivity (Wildman–Crippen MR) is 104 cm³/mol. The molecule has 0 bridgehead atoms. The van der Waals surface area contributed by atoms with E-state index in [-0.39, 0.29) is 11.5 Å². The normalized spacial score (nSPS) is 11.4. The molecule has 0 saturated heterocycles. The van der Waals surface area contributed by atoms with E-state index in [1.807, 2.05) is 69.5 Å². The highest BCUT2D eigenvalue weighted by atomic mass is 16.1. The van der Waals surface area contributed by atoms with E-state index >= 15 is 0 Å². The summed E-state index contributed by atoms with van der Waals surface area (Å²) >= 11 is 0. The number of nitrogens with one attached hydrogen (secondary N) is 1. The first kappa shape index (κ1) is 18.5. The first-order valence-corrected chi connectivity index (χ1v) is 8.33. The minimum Gasteiger partial charge on any atom is -0.355 e. The number of hydrogen-bond acceptors (Lipinski definition) is 2. The molecular weight excluding hydrogens is 312 g/mol. The summed E-state index contributed by atoms with van der Waals surface area (Å²) in [6.07, 6.45) is 9.60. The summed E-state index contributed by atoms with van der Waals surface area (Å²) in [6, 6.07) is 7.44. The average molecular weight is 336 g/mol. The molecule has 4 nitrogen and oxygen atoms in total. The first-order valence-electron chi connectivity index (χ1n) is 8.33. The van der Waals surface area contributed by atoms with Gasteiger partial charge < -0.3 is 9.88 Å². The molecule has 130 valence electrons. The van der Waals surface area contributed by atoms with E-state index in [4.69, 9.17) is 0 Å². The van der Waals surface area contributed by atoms with Crippen LogP contribution in [0.15, 0.2) is 53.5 Å². The molecule has 4 heteroatoms.